The van der Waals surface area contributed by atoms with Gasteiger partial charge in [-0.3, -0.25) is 0 Å². The lowest BCUT2D eigenvalue weighted by Gasteiger charge is -2.34. The van der Waals surface area contributed by atoms with E-state index < -0.39 is 0 Å². The van der Waals surface area contributed by atoms with Crippen LogP contribution >= 0.6 is 27.7 Å². The first kappa shape index (κ1) is 11.5. The Labute approximate surface area is 104 Å². The maximum atomic E-state index is 3.67. The molecule has 1 aromatic carbocycles. The molecule has 1 heterocycles. The Hall–Kier alpha value is 0.01000. The Kier molecular flexibility index (Phi) is 3.75. The van der Waals surface area contributed by atoms with Crippen molar-refractivity contribution >= 4 is 27.7 Å². The smallest absolute Gasteiger partial charge is 0.0440 e. The van der Waals surface area contributed by atoms with E-state index in [1.807, 2.05) is 0 Å². The van der Waals surface area contributed by atoms with Gasteiger partial charge in [-0.25, -0.2) is 0 Å². The summed E-state index contributed by atoms with van der Waals surface area (Å²) in [6.07, 6.45) is 0. The summed E-state index contributed by atoms with van der Waals surface area (Å²) in [6.45, 7) is 4.56. The van der Waals surface area contributed by atoms with Gasteiger partial charge in [-0.05, 0) is 24.6 Å². The van der Waals surface area contributed by atoms with Crippen LogP contribution in [0.5, 0.6) is 0 Å². The van der Waals surface area contributed by atoms with Crippen LogP contribution in [-0.4, -0.2) is 17.0 Å². The second-order valence-corrected chi connectivity index (χ2v) is 6.46. The lowest BCUT2D eigenvalue weighted by Crippen LogP contribution is -2.41. The number of halogens is 1. The van der Waals surface area contributed by atoms with Gasteiger partial charge >= 0.3 is 0 Å². The number of benzene rings is 1. The van der Waals surface area contributed by atoms with Crippen molar-refractivity contribution in [3.8, 4) is 0 Å². The molecule has 3 heteroatoms. The highest BCUT2D eigenvalue weighted by molar-refractivity contribution is 9.10. The minimum atomic E-state index is 0.492. The molecule has 1 fully saturated rings. The third kappa shape index (κ3) is 2.77. The Morgan fingerprint density at radius 3 is 2.60 bits per heavy atom. The van der Waals surface area contributed by atoms with Crippen molar-refractivity contribution in [3.05, 3.63) is 34.3 Å². The van der Waals surface area contributed by atoms with E-state index in [4.69, 9.17) is 0 Å². The molecule has 1 nitrogen and oxygen atoms in total. The van der Waals surface area contributed by atoms with Crippen LogP contribution in [0.15, 0.2) is 28.7 Å². The Balaban J connectivity index is 2.17. The monoisotopic (exact) mass is 285 g/mol. The van der Waals surface area contributed by atoms with Gasteiger partial charge < -0.3 is 5.32 Å². The van der Waals surface area contributed by atoms with Crippen LogP contribution < -0.4 is 5.32 Å². The fraction of sp³-hybridized carbons (Fsp3) is 0.500. The molecule has 0 radical (unpaired) electrons. The van der Waals surface area contributed by atoms with Crippen LogP contribution in [0.2, 0.25) is 0 Å². The highest BCUT2D eigenvalue weighted by atomic mass is 79.9. The van der Waals surface area contributed by atoms with E-state index in [1.54, 1.807) is 0 Å². The van der Waals surface area contributed by atoms with E-state index in [0.717, 1.165) is 4.47 Å². The molecule has 2 rings (SSSR count). The molecule has 0 aliphatic carbocycles. The van der Waals surface area contributed by atoms with Crippen LogP contribution in [0, 0.1) is 0 Å². The zero-order valence-corrected chi connectivity index (χ0v) is 11.4. The molecule has 0 aromatic heterocycles. The van der Waals surface area contributed by atoms with Gasteiger partial charge in [0.05, 0.1) is 0 Å². The minimum Gasteiger partial charge on any atom is -0.306 e. The Morgan fingerprint density at radius 1 is 1.27 bits per heavy atom. The lowest BCUT2D eigenvalue weighted by molar-refractivity contribution is 0.461. The Bertz CT molecular complexity index is 325. The lowest BCUT2D eigenvalue weighted by atomic mass is 10.0. The fourth-order valence-electron chi connectivity index (χ4n) is 1.92. The van der Waals surface area contributed by atoms with Gasteiger partial charge in [-0.15, -0.1) is 0 Å². The molecule has 1 aliphatic heterocycles. The van der Waals surface area contributed by atoms with Crippen molar-refractivity contribution in [3.63, 3.8) is 0 Å². The maximum absolute atomic E-state index is 3.67. The van der Waals surface area contributed by atoms with Gasteiger partial charge in [0, 0.05) is 27.6 Å². The number of hydrogen-bond acceptors (Lipinski definition) is 2. The quantitative estimate of drug-likeness (QED) is 0.846. The van der Waals surface area contributed by atoms with Crippen LogP contribution in [0.4, 0.5) is 0 Å². The summed E-state index contributed by atoms with van der Waals surface area (Å²) in [5, 5.41) is 4.32. The predicted octanol–water partition coefficient (Wildman–Crippen LogP) is 3.60. The summed E-state index contributed by atoms with van der Waals surface area (Å²) in [5.74, 6) is 1.22. The standard InChI is InChI=1S/C12H16BrNS/c1-8-7-15-9(2)12(14-8)10-3-5-11(13)6-4-10/h3-6,8-9,12,14H,7H2,1-2H3. The molecule has 1 saturated heterocycles. The first-order chi connectivity index (χ1) is 7.16. The fourth-order valence-corrected chi connectivity index (χ4v) is 3.30. The van der Waals surface area contributed by atoms with Gasteiger partial charge in [0.2, 0.25) is 0 Å². The van der Waals surface area contributed by atoms with Crippen LogP contribution in [-0.2, 0) is 0 Å². The highest BCUT2D eigenvalue weighted by Crippen LogP contribution is 2.31. The van der Waals surface area contributed by atoms with E-state index in [-0.39, 0.29) is 0 Å². The molecule has 82 valence electrons. The second-order valence-electron chi connectivity index (χ2n) is 4.14. The summed E-state index contributed by atoms with van der Waals surface area (Å²) in [4.78, 5) is 0. The van der Waals surface area contributed by atoms with Crippen LogP contribution in [0.3, 0.4) is 0 Å². The normalized spacial score (nSPS) is 31.5. The van der Waals surface area contributed by atoms with E-state index in [1.165, 1.54) is 11.3 Å². The molecule has 0 bridgehead atoms. The SMILES string of the molecule is CC1CSC(C)C(c2ccc(Br)cc2)N1. The van der Waals surface area contributed by atoms with Crippen LogP contribution in [0.1, 0.15) is 25.5 Å². The number of hydrogen-bond donors (Lipinski definition) is 1. The predicted molar refractivity (Wildman–Crippen MR) is 71.4 cm³/mol. The second kappa shape index (κ2) is 4.89. The molecular weight excluding hydrogens is 270 g/mol. The van der Waals surface area contributed by atoms with Gasteiger partial charge in [0.1, 0.15) is 0 Å². The van der Waals surface area contributed by atoms with Gasteiger partial charge in [-0.1, -0.05) is 35.0 Å². The molecular formula is C12H16BrNS. The number of rotatable bonds is 1. The summed E-state index contributed by atoms with van der Waals surface area (Å²) in [5.41, 5.74) is 1.39. The highest BCUT2D eigenvalue weighted by Gasteiger charge is 2.26. The summed E-state index contributed by atoms with van der Waals surface area (Å²) in [6, 6.07) is 9.75. The zero-order chi connectivity index (χ0) is 10.8. The molecule has 0 amide bonds. The summed E-state index contributed by atoms with van der Waals surface area (Å²) < 4.78 is 1.15. The third-order valence-corrected chi connectivity index (χ3v) is 4.79. The van der Waals surface area contributed by atoms with E-state index >= 15 is 0 Å². The molecule has 3 unspecified atom stereocenters. The summed E-state index contributed by atoms with van der Waals surface area (Å²) in [7, 11) is 0. The molecule has 1 N–H and O–H groups in total. The van der Waals surface area contributed by atoms with E-state index in [2.05, 4.69) is 71.1 Å². The molecule has 1 aliphatic rings. The topological polar surface area (TPSA) is 12.0 Å². The zero-order valence-electron chi connectivity index (χ0n) is 9.03. The number of thioether (sulfide) groups is 1. The van der Waals surface area contributed by atoms with E-state index in [0.29, 0.717) is 17.3 Å². The van der Waals surface area contributed by atoms with E-state index in [9.17, 15) is 0 Å². The molecule has 1 aromatic rings. The molecule has 0 spiro atoms. The van der Waals surface area contributed by atoms with Gasteiger partial charge in [0.15, 0.2) is 0 Å². The van der Waals surface area contributed by atoms with Crippen molar-refractivity contribution in [1.82, 2.24) is 5.32 Å². The largest absolute Gasteiger partial charge is 0.306 e. The minimum absolute atomic E-state index is 0.492. The average Bonchev–Trinajstić information content (AvgIpc) is 2.23. The van der Waals surface area contributed by atoms with Crippen molar-refractivity contribution < 1.29 is 0 Å². The molecule has 15 heavy (non-hydrogen) atoms. The van der Waals surface area contributed by atoms with Crippen molar-refractivity contribution in [2.45, 2.75) is 31.2 Å². The van der Waals surface area contributed by atoms with Crippen LogP contribution in [0.25, 0.3) is 0 Å². The molecule has 0 saturated carbocycles. The van der Waals surface area contributed by atoms with Crippen molar-refractivity contribution in [2.75, 3.05) is 5.75 Å². The van der Waals surface area contributed by atoms with Crippen molar-refractivity contribution in [2.24, 2.45) is 0 Å². The maximum Gasteiger partial charge on any atom is 0.0440 e. The van der Waals surface area contributed by atoms with Gasteiger partial charge in [0.25, 0.3) is 0 Å². The third-order valence-electron chi connectivity index (χ3n) is 2.77. The van der Waals surface area contributed by atoms with Gasteiger partial charge in [-0.2, -0.15) is 11.8 Å². The molecule has 3 atom stereocenters. The van der Waals surface area contributed by atoms with Crippen molar-refractivity contribution in [1.29, 1.82) is 0 Å². The number of nitrogens with one attached hydrogen (secondary N) is 1. The summed E-state index contributed by atoms with van der Waals surface area (Å²) >= 11 is 5.53. The first-order valence-electron chi connectivity index (χ1n) is 5.30. The Morgan fingerprint density at radius 2 is 1.93 bits per heavy atom. The average molecular weight is 286 g/mol. The first-order valence-corrected chi connectivity index (χ1v) is 7.14.